The van der Waals surface area contributed by atoms with E-state index in [0.717, 1.165) is 23.7 Å². The van der Waals surface area contributed by atoms with Crippen molar-refractivity contribution in [3.05, 3.63) is 35.0 Å². The minimum absolute atomic E-state index is 0.0149. The Balaban J connectivity index is 1.80. The van der Waals surface area contributed by atoms with Crippen LogP contribution in [0, 0.1) is 6.92 Å². The molecular weight excluding hydrogens is 449 g/mol. The molecule has 3 rings (SSSR count). The lowest BCUT2D eigenvalue weighted by Gasteiger charge is -2.31. The van der Waals surface area contributed by atoms with E-state index in [0.29, 0.717) is 42.7 Å². The third kappa shape index (κ3) is 5.30. The number of hydrogen-bond donors (Lipinski definition) is 2. The number of rotatable bonds is 6. The van der Waals surface area contributed by atoms with Gasteiger partial charge in [-0.25, -0.2) is 4.79 Å². The summed E-state index contributed by atoms with van der Waals surface area (Å²) in [6, 6.07) is 3.17. The van der Waals surface area contributed by atoms with Gasteiger partial charge in [0, 0.05) is 20.1 Å². The van der Waals surface area contributed by atoms with E-state index in [9.17, 15) is 22.8 Å². The Morgan fingerprint density at radius 3 is 2.59 bits per heavy atom. The fourth-order valence-corrected chi connectivity index (χ4v) is 3.91. The number of nitrogens with zero attached hydrogens (tertiary/aromatic N) is 2. The van der Waals surface area contributed by atoms with Crippen LogP contribution >= 0.6 is 11.5 Å². The maximum absolute atomic E-state index is 13.2. The molecule has 1 atom stereocenters. The third-order valence-electron chi connectivity index (χ3n) is 4.88. The van der Waals surface area contributed by atoms with E-state index < -0.39 is 29.7 Å². The van der Waals surface area contributed by atoms with Gasteiger partial charge in [-0.3, -0.25) is 4.79 Å². The van der Waals surface area contributed by atoms with Crippen LogP contribution in [-0.4, -0.2) is 55.7 Å². The fraction of sp³-hybridized carbons (Fsp3) is 0.450. The Bertz CT molecular complexity index is 990. The minimum atomic E-state index is -4.58. The number of alkyl halides is 3. The summed E-state index contributed by atoms with van der Waals surface area (Å²) in [7, 11) is 1.63. The molecule has 1 aromatic heterocycles. The Hall–Kier alpha value is -2.86. The molecule has 1 fully saturated rings. The molecule has 0 spiro atoms. The average Bonchev–Trinajstić information content (AvgIpc) is 3.14. The van der Waals surface area contributed by atoms with Crippen LogP contribution in [0.2, 0.25) is 0 Å². The van der Waals surface area contributed by atoms with Gasteiger partial charge in [-0.2, -0.15) is 17.5 Å². The normalized spacial score (nSPS) is 15.2. The maximum atomic E-state index is 13.2. The number of esters is 1. The second kappa shape index (κ2) is 9.74. The van der Waals surface area contributed by atoms with Crippen LogP contribution in [0.25, 0.3) is 0 Å². The van der Waals surface area contributed by atoms with Crippen LogP contribution in [0.1, 0.15) is 28.5 Å². The highest BCUT2D eigenvalue weighted by Gasteiger charge is 2.32. The summed E-state index contributed by atoms with van der Waals surface area (Å²) in [6.45, 7) is 4.76. The molecule has 174 valence electrons. The molecule has 1 amide bonds. The minimum Gasteiger partial charge on any atom is -0.449 e. The predicted molar refractivity (Wildman–Crippen MR) is 114 cm³/mol. The SMILES string of the molecule is CNc1snc(C)c1C(=O)O[C@H](C)C(=O)Nc1cc(C(F)(F)F)ccc1N1CCOCC1. The summed E-state index contributed by atoms with van der Waals surface area (Å²) in [5.74, 6) is -1.50. The van der Waals surface area contributed by atoms with Crippen molar-refractivity contribution in [3.8, 4) is 0 Å². The number of carbonyl (C=O) groups is 2. The van der Waals surface area contributed by atoms with E-state index in [1.165, 1.54) is 13.0 Å². The van der Waals surface area contributed by atoms with Crippen LogP contribution in [0.5, 0.6) is 0 Å². The van der Waals surface area contributed by atoms with Crippen molar-refractivity contribution in [1.29, 1.82) is 0 Å². The number of carbonyl (C=O) groups excluding carboxylic acids is 2. The molecule has 0 saturated carbocycles. The summed E-state index contributed by atoms with van der Waals surface area (Å²) in [5.41, 5.74) is 0.185. The van der Waals surface area contributed by atoms with Crippen molar-refractivity contribution < 1.29 is 32.2 Å². The van der Waals surface area contributed by atoms with Crippen molar-refractivity contribution in [3.63, 3.8) is 0 Å². The van der Waals surface area contributed by atoms with Gasteiger partial charge in [-0.1, -0.05) is 0 Å². The fourth-order valence-electron chi connectivity index (χ4n) is 3.18. The van der Waals surface area contributed by atoms with E-state index in [1.807, 2.05) is 4.90 Å². The Labute approximate surface area is 186 Å². The number of benzene rings is 1. The van der Waals surface area contributed by atoms with Gasteiger partial charge in [0.1, 0.15) is 10.6 Å². The number of aryl methyl sites for hydroxylation is 1. The monoisotopic (exact) mass is 472 g/mol. The van der Waals surface area contributed by atoms with Crippen molar-refractivity contribution in [1.82, 2.24) is 4.37 Å². The number of nitrogens with one attached hydrogen (secondary N) is 2. The highest BCUT2D eigenvalue weighted by Crippen LogP contribution is 2.36. The zero-order chi connectivity index (χ0) is 23.5. The molecule has 32 heavy (non-hydrogen) atoms. The molecule has 2 aromatic rings. The van der Waals surface area contributed by atoms with Crippen molar-refractivity contribution in [2.45, 2.75) is 26.1 Å². The number of ether oxygens (including phenoxy) is 2. The molecule has 0 radical (unpaired) electrons. The topological polar surface area (TPSA) is 92.8 Å². The Kier molecular flexibility index (Phi) is 7.24. The van der Waals surface area contributed by atoms with Gasteiger partial charge >= 0.3 is 12.1 Å². The van der Waals surface area contributed by atoms with E-state index in [1.54, 1.807) is 14.0 Å². The quantitative estimate of drug-likeness (QED) is 0.622. The highest BCUT2D eigenvalue weighted by atomic mass is 32.1. The van der Waals surface area contributed by atoms with Crippen molar-refractivity contribution >= 4 is 39.8 Å². The van der Waals surface area contributed by atoms with Crippen molar-refractivity contribution in [2.75, 3.05) is 48.9 Å². The standard InChI is InChI=1S/C20H23F3N4O4S/c1-11-16(18(24-3)32-26-11)19(29)31-12(2)17(28)25-14-10-13(20(21,22)23)4-5-15(14)27-6-8-30-9-7-27/h4-5,10,12,24H,6-9H2,1-3H3,(H,25,28)/t12-/m1/s1. The molecular formula is C20H23F3N4O4S. The summed E-state index contributed by atoms with van der Waals surface area (Å²) in [6.07, 6.45) is -5.83. The van der Waals surface area contributed by atoms with Gasteiger partial charge in [-0.15, -0.1) is 0 Å². The number of aromatic nitrogens is 1. The van der Waals surface area contributed by atoms with E-state index in [2.05, 4.69) is 15.0 Å². The molecule has 0 aliphatic carbocycles. The first-order valence-electron chi connectivity index (χ1n) is 9.81. The molecule has 8 nitrogen and oxygen atoms in total. The zero-order valence-electron chi connectivity index (χ0n) is 17.7. The summed E-state index contributed by atoms with van der Waals surface area (Å²) < 4.78 is 54.4. The Morgan fingerprint density at radius 1 is 1.28 bits per heavy atom. The van der Waals surface area contributed by atoms with Crippen LogP contribution in [-0.2, 0) is 20.4 Å². The maximum Gasteiger partial charge on any atom is 0.416 e. The molecule has 1 aliphatic heterocycles. The summed E-state index contributed by atoms with van der Waals surface area (Å²) in [5, 5.41) is 5.82. The number of anilines is 3. The van der Waals surface area contributed by atoms with Crippen LogP contribution in [0.15, 0.2) is 18.2 Å². The van der Waals surface area contributed by atoms with Gasteiger partial charge < -0.3 is 25.0 Å². The third-order valence-corrected chi connectivity index (χ3v) is 5.84. The van der Waals surface area contributed by atoms with E-state index in [-0.39, 0.29) is 11.3 Å². The summed E-state index contributed by atoms with van der Waals surface area (Å²) in [4.78, 5) is 27.1. The van der Waals surface area contributed by atoms with Gasteiger partial charge in [0.2, 0.25) is 0 Å². The van der Waals surface area contributed by atoms with Crippen LogP contribution in [0.3, 0.4) is 0 Å². The molecule has 2 N–H and O–H groups in total. The lowest BCUT2D eigenvalue weighted by atomic mass is 10.1. The van der Waals surface area contributed by atoms with Gasteiger partial charge in [0.25, 0.3) is 5.91 Å². The first-order chi connectivity index (χ1) is 15.1. The number of halogens is 3. The largest absolute Gasteiger partial charge is 0.449 e. The molecule has 1 saturated heterocycles. The highest BCUT2D eigenvalue weighted by molar-refractivity contribution is 7.10. The van der Waals surface area contributed by atoms with E-state index >= 15 is 0 Å². The first kappa shape index (κ1) is 23.8. The molecule has 0 unspecified atom stereocenters. The smallest absolute Gasteiger partial charge is 0.416 e. The number of amides is 1. The van der Waals surface area contributed by atoms with Crippen molar-refractivity contribution in [2.24, 2.45) is 0 Å². The van der Waals surface area contributed by atoms with Gasteiger partial charge in [0.15, 0.2) is 6.10 Å². The average molecular weight is 472 g/mol. The number of hydrogen-bond acceptors (Lipinski definition) is 8. The molecule has 1 aromatic carbocycles. The molecule has 2 heterocycles. The lowest BCUT2D eigenvalue weighted by molar-refractivity contribution is -0.137. The lowest BCUT2D eigenvalue weighted by Crippen LogP contribution is -2.37. The second-order valence-corrected chi connectivity index (χ2v) is 7.86. The summed E-state index contributed by atoms with van der Waals surface area (Å²) >= 11 is 1.08. The molecule has 12 heteroatoms. The van der Waals surface area contributed by atoms with E-state index in [4.69, 9.17) is 9.47 Å². The number of morpholine rings is 1. The molecule has 1 aliphatic rings. The Morgan fingerprint density at radius 2 is 1.97 bits per heavy atom. The zero-order valence-corrected chi connectivity index (χ0v) is 18.5. The van der Waals surface area contributed by atoms with Crippen LogP contribution in [0.4, 0.5) is 29.5 Å². The predicted octanol–water partition coefficient (Wildman–Crippen LogP) is 3.53. The first-order valence-corrected chi connectivity index (χ1v) is 10.6. The van der Waals surface area contributed by atoms with Crippen LogP contribution < -0.4 is 15.5 Å². The van der Waals surface area contributed by atoms with Gasteiger partial charge in [-0.05, 0) is 43.6 Å². The molecule has 0 bridgehead atoms. The second-order valence-electron chi connectivity index (χ2n) is 7.09. The van der Waals surface area contributed by atoms with Gasteiger partial charge in [0.05, 0.1) is 35.8 Å².